The van der Waals surface area contributed by atoms with Crippen LogP contribution in [0.2, 0.25) is 0 Å². The lowest BCUT2D eigenvalue weighted by molar-refractivity contribution is -0.824. The van der Waals surface area contributed by atoms with Crippen molar-refractivity contribution in [3.05, 3.63) is 18.2 Å². The first-order chi connectivity index (χ1) is 11.4. The van der Waals surface area contributed by atoms with Crippen molar-refractivity contribution >= 4 is 18.0 Å². The monoisotopic (exact) mass is 343 g/mol. The molecule has 9 nitrogen and oxygen atoms in total. The number of nitrogens with zero attached hydrogens (tertiary/aromatic N) is 1. The van der Waals surface area contributed by atoms with Crippen LogP contribution in [0.3, 0.4) is 0 Å². The van der Waals surface area contributed by atoms with E-state index in [2.05, 4.69) is 23.8 Å². The summed E-state index contributed by atoms with van der Waals surface area (Å²) in [7, 11) is 0. The summed E-state index contributed by atoms with van der Waals surface area (Å²) in [6.45, 7) is 6.36. The number of aromatic amines is 1. The molecule has 0 atom stereocenters. The lowest BCUT2D eigenvalue weighted by Crippen LogP contribution is -3.14. The molecule has 0 aliphatic rings. The van der Waals surface area contributed by atoms with Gasteiger partial charge >= 0.3 is 12.1 Å². The molecule has 0 unspecified atom stereocenters. The van der Waals surface area contributed by atoms with Gasteiger partial charge in [-0.2, -0.15) is 4.79 Å². The van der Waals surface area contributed by atoms with Gasteiger partial charge in [0.05, 0.1) is 26.0 Å². The SMILES string of the molecule is CCC[NH+](CCC)C(=O)OCCCc1cnc[nH]1.O=C([O-])C(=O)O. The fourth-order valence-electron chi connectivity index (χ4n) is 1.88. The molecule has 9 heteroatoms. The van der Waals surface area contributed by atoms with Crippen LogP contribution in [0.25, 0.3) is 0 Å². The minimum Gasteiger partial charge on any atom is -0.539 e. The quantitative estimate of drug-likeness (QED) is 0.407. The summed E-state index contributed by atoms with van der Waals surface area (Å²) < 4.78 is 5.30. The molecule has 1 aromatic rings. The highest BCUT2D eigenvalue weighted by molar-refractivity contribution is 6.26. The van der Waals surface area contributed by atoms with E-state index in [0.29, 0.717) is 6.61 Å². The van der Waals surface area contributed by atoms with Crippen molar-refractivity contribution in [3.63, 3.8) is 0 Å². The van der Waals surface area contributed by atoms with Gasteiger partial charge in [-0.3, -0.25) is 0 Å². The number of carboxylic acid groups (broad SMARTS) is 2. The Morgan fingerprint density at radius 1 is 1.29 bits per heavy atom. The van der Waals surface area contributed by atoms with E-state index in [1.165, 1.54) is 0 Å². The number of nitrogens with one attached hydrogen (secondary N) is 2. The summed E-state index contributed by atoms with van der Waals surface area (Å²) in [5.74, 6) is -4.01. The number of carbonyl (C=O) groups is 3. The maximum atomic E-state index is 11.8. The van der Waals surface area contributed by atoms with E-state index >= 15 is 0 Å². The summed E-state index contributed by atoms with van der Waals surface area (Å²) in [5.41, 5.74) is 1.08. The Bertz CT molecular complexity index is 471. The molecule has 24 heavy (non-hydrogen) atoms. The maximum Gasteiger partial charge on any atom is 0.514 e. The number of carboxylic acids is 2. The molecule has 0 radical (unpaired) electrons. The molecule has 0 saturated heterocycles. The summed E-state index contributed by atoms with van der Waals surface area (Å²) >= 11 is 0. The van der Waals surface area contributed by atoms with Gasteiger partial charge in [-0.1, -0.05) is 13.8 Å². The van der Waals surface area contributed by atoms with Crippen LogP contribution in [0.15, 0.2) is 12.5 Å². The molecule has 1 rings (SSSR count). The number of H-pyrrole nitrogens is 1. The molecule has 0 fully saturated rings. The molecular formula is C15H25N3O6. The topological polar surface area (TPSA) is 137 Å². The number of hydrogen-bond donors (Lipinski definition) is 3. The normalized spacial score (nSPS) is 9.96. The third-order valence-corrected chi connectivity index (χ3v) is 2.95. The van der Waals surface area contributed by atoms with E-state index in [9.17, 15) is 4.79 Å². The Balaban J connectivity index is 0.000000754. The van der Waals surface area contributed by atoms with Gasteiger partial charge in [-0.15, -0.1) is 0 Å². The first-order valence-corrected chi connectivity index (χ1v) is 7.85. The van der Waals surface area contributed by atoms with Crippen LogP contribution >= 0.6 is 0 Å². The van der Waals surface area contributed by atoms with Crippen LogP contribution in [0.5, 0.6) is 0 Å². The highest BCUT2D eigenvalue weighted by atomic mass is 16.6. The van der Waals surface area contributed by atoms with Crippen molar-refractivity contribution < 1.29 is 34.2 Å². The van der Waals surface area contributed by atoms with Gasteiger partial charge in [0, 0.05) is 11.9 Å². The van der Waals surface area contributed by atoms with Gasteiger partial charge in [0.1, 0.15) is 0 Å². The Labute approximate surface area is 140 Å². The zero-order valence-electron chi connectivity index (χ0n) is 14.0. The van der Waals surface area contributed by atoms with Crippen LogP contribution in [0.1, 0.15) is 38.8 Å². The first-order valence-electron chi connectivity index (χ1n) is 7.85. The number of alkyl carbamates (subject to hydrolysis) is 2. The number of quaternary nitrogens is 1. The third kappa shape index (κ3) is 10.3. The van der Waals surface area contributed by atoms with E-state index in [4.69, 9.17) is 24.5 Å². The standard InChI is InChI=1S/C13H23N3O2.C2H2O4/c1-3-7-16(8-4-2)13(17)18-9-5-6-12-10-14-11-15-12;3-1(4)2(5)6/h10-11H,3-9H2,1-2H3,(H,14,15);(H,3,4)(H,5,6). The van der Waals surface area contributed by atoms with Crippen LogP contribution in [0, 0.1) is 0 Å². The molecule has 0 bridgehead atoms. The van der Waals surface area contributed by atoms with Crippen molar-refractivity contribution in [2.24, 2.45) is 0 Å². The highest BCUT2D eigenvalue weighted by Crippen LogP contribution is 1.96. The number of imidazole rings is 1. The Morgan fingerprint density at radius 2 is 1.88 bits per heavy atom. The van der Waals surface area contributed by atoms with Gasteiger partial charge in [0.2, 0.25) is 0 Å². The van der Waals surface area contributed by atoms with Gasteiger partial charge < -0.3 is 24.7 Å². The lowest BCUT2D eigenvalue weighted by atomic mass is 10.3. The van der Waals surface area contributed by atoms with E-state index in [-0.39, 0.29) is 6.09 Å². The second-order valence-corrected chi connectivity index (χ2v) is 5.01. The predicted octanol–water partition coefficient (Wildman–Crippen LogP) is -0.995. The van der Waals surface area contributed by atoms with Gasteiger partial charge in [0.25, 0.3) is 0 Å². The Kier molecular flexibility index (Phi) is 11.7. The molecule has 0 spiro atoms. The van der Waals surface area contributed by atoms with Crippen molar-refractivity contribution in [1.82, 2.24) is 9.97 Å². The number of aliphatic carboxylic acids is 2. The van der Waals surface area contributed by atoms with Crippen LogP contribution < -0.4 is 10.0 Å². The molecule has 0 aliphatic heterocycles. The smallest absolute Gasteiger partial charge is 0.514 e. The fourth-order valence-corrected chi connectivity index (χ4v) is 1.88. The zero-order chi connectivity index (χ0) is 18.4. The molecule has 1 heterocycles. The molecular weight excluding hydrogens is 318 g/mol. The van der Waals surface area contributed by atoms with Gasteiger partial charge in [-0.25, -0.2) is 14.7 Å². The molecule has 0 aromatic carbocycles. The summed E-state index contributed by atoms with van der Waals surface area (Å²) in [5, 5.41) is 16.3. The number of aryl methyl sites for hydroxylation is 1. The van der Waals surface area contributed by atoms with E-state index in [1.54, 1.807) is 12.5 Å². The van der Waals surface area contributed by atoms with Crippen LogP contribution in [0.4, 0.5) is 4.79 Å². The Hall–Kier alpha value is -2.42. The number of rotatable bonds is 8. The molecule has 1 aromatic heterocycles. The second kappa shape index (κ2) is 13.1. The number of hydrogen-bond acceptors (Lipinski definition) is 6. The molecule has 136 valence electrons. The van der Waals surface area contributed by atoms with Gasteiger partial charge in [0.15, 0.2) is 5.97 Å². The average Bonchev–Trinajstić information content (AvgIpc) is 3.05. The number of ether oxygens (including phenoxy) is 1. The Morgan fingerprint density at radius 3 is 2.29 bits per heavy atom. The van der Waals surface area contributed by atoms with Crippen molar-refractivity contribution in [2.45, 2.75) is 39.5 Å². The highest BCUT2D eigenvalue weighted by Gasteiger charge is 2.18. The van der Waals surface area contributed by atoms with Crippen molar-refractivity contribution in [1.29, 1.82) is 0 Å². The van der Waals surface area contributed by atoms with Crippen LogP contribution in [-0.4, -0.2) is 52.8 Å². The largest absolute Gasteiger partial charge is 0.539 e. The number of carbonyl (C=O) groups excluding carboxylic acids is 2. The molecule has 0 saturated carbocycles. The predicted molar refractivity (Wildman–Crippen MR) is 82.2 cm³/mol. The minimum absolute atomic E-state index is 0.108. The molecule has 1 amide bonds. The minimum atomic E-state index is -2.07. The fraction of sp³-hybridized carbons (Fsp3) is 0.600. The average molecular weight is 343 g/mol. The van der Waals surface area contributed by atoms with Crippen LogP contribution in [-0.2, 0) is 20.7 Å². The van der Waals surface area contributed by atoms with Gasteiger partial charge in [-0.05, 0) is 25.7 Å². The number of aromatic nitrogens is 2. The van der Waals surface area contributed by atoms with E-state index in [1.807, 2.05) is 0 Å². The summed E-state index contributed by atoms with van der Waals surface area (Å²) in [4.78, 5) is 37.7. The molecule has 0 aliphatic carbocycles. The molecule has 3 N–H and O–H groups in total. The van der Waals surface area contributed by atoms with Crippen molar-refractivity contribution in [3.8, 4) is 0 Å². The number of amides is 1. The maximum absolute atomic E-state index is 11.8. The van der Waals surface area contributed by atoms with E-state index < -0.39 is 11.9 Å². The van der Waals surface area contributed by atoms with Crippen molar-refractivity contribution in [2.75, 3.05) is 19.7 Å². The first kappa shape index (κ1) is 21.6. The second-order valence-electron chi connectivity index (χ2n) is 5.01. The van der Waals surface area contributed by atoms with E-state index in [0.717, 1.165) is 49.4 Å². The zero-order valence-corrected chi connectivity index (χ0v) is 14.0. The summed E-state index contributed by atoms with van der Waals surface area (Å²) in [6.07, 6.45) is 7.05. The lowest BCUT2D eigenvalue weighted by Gasteiger charge is -2.14. The third-order valence-electron chi connectivity index (χ3n) is 2.95. The summed E-state index contributed by atoms with van der Waals surface area (Å²) in [6, 6.07) is 0.